The predicted molar refractivity (Wildman–Crippen MR) is 98.6 cm³/mol. The van der Waals surface area contributed by atoms with Crippen molar-refractivity contribution in [2.75, 3.05) is 13.1 Å². The van der Waals surface area contributed by atoms with Gasteiger partial charge in [0.05, 0.1) is 11.0 Å². The van der Waals surface area contributed by atoms with Gasteiger partial charge in [0.25, 0.3) is 0 Å². The molecule has 1 aromatic carbocycles. The Kier molecular flexibility index (Phi) is 5.51. The zero-order valence-corrected chi connectivity index (χ0v) is 16.0. The van der Waals surface area contributed by atoms with E-state index in [0.29, 0.717) is 18.1 Å². The van der Waals surface area contributed by atoms with Crippen LogP contribution >= 0.6 is 11.3 Å². The van der Waals surface area contributed by atoms with Gasteiger partial charge in [-0.05, 0) is 31.9 Å². The van der Waals surface area contributed by atoms with Crippen molar-refractivity contribution in [3.63, 3.8) is 0 Å². The summed E-state index contributed by atoms with van der Waals surface area (Å²) < 4.78 is 27.1. The lowest BCUT2D eigenvalue weighted by molar-refractivity contribution is 0.0978. The van der Waals surface area contributed by atoms with Crippen LogP contribution in [0.4, 0.5) is 0 Å². The van der Waals surface area contributed by atoms with Gasteiger partial charge in [-0.25, -0.2) is 13.4 Å². The van der Waals surface area contributed by atoms with E-state index in [-0.39, 0.29) is 10.5 Å². The van der Waals surface area contributed by atoms with E-state index in [1.165, 1.54) is 27.8 Å². The molecule has 1 saturated heterocycles. The average molecular weight is 390 g/mol. The quantitative estimate of drug-likeness (QED) is 0.733. The molecule has 0 amide bonds. The fraction of sp³-hybridized carbons (Fsp3) is 0.389. The zero-order valence-electron chi connectivity index (χ0n) is 14.4. The van der Waals surface area contributed by atoms with E-state index in [9.17, 15) is 18.5 Å². The summed E-state index contributed by atoms with van der Waals surface area (Å²) in [7, 11) is -3.63. The highest BCUT2D eigenvalue weighted by Gasteiger charge is 2.29. The molecular formula is C18H19N3O3S2. The molecule has 6 nitrogen and oxygen atoms in total. The number of carbonyl (C=O) groups excluding carboxylic acids is 1. The number of piperidine rings is 1. The largest absolute Gasteiger partial charge is 0.292 e. The SMILES string of the molecule is Cc1csc(C(C#N)C(=O)c2cccc(S(=O)(=O)N3CCCCC3)c2)n1. The van der Waals surface area contributed by atoms with E-state index < -0.39 is 21.7 Å². The molecule has 0 radical (unpaired) electrons. The van der Waals surface area contributed by atoms with Crippen molar-refractivity contribution in [2.45, 2.75) is 37.0 Å². The van der Waals surface area contributed by atoms with E-state index >= 15 is 0 Å². The second-order valence-corrected chi connectivity index (χ2v) is 9.07. The molecule has 136 valence electrons. The molecule has 3 rings (SSSR count). The molecule has 1 aliphatic heterocycles. The maximum absolute atomic E-state index is 12.8. The van der Waals surface area contributed by atoms with E-state index in [0.717, 1.165) is 25.0 Å². The standard InChI is InChI=1S/C18H19N3O3S2/c1-13-12-25-18(20-13)16(11-19)17(22)14-6-5-7-15(10-14)26(23,24)21-8-3-2-4-9-21/h5-7,10,12,16H,2-4,8-9H2,1H3. The van der Waals surface area contributed by atoms with Crippen molar-refractivity contribution in [3.8, 4) is 6.07 Å². The lowest BCUT2D eigenvalue weighted by Crippen LogP contribution is -2.35. The van der Waals surface area contributed by atoms with Gasteiger partial charge < -0.3 is 0 Å². The van der Waals surface area contributed by atoms with Crippen molar-refractivity contribution in [1.29, 1.82) is 5.26 Å². The smallest absolute Gasteiger partial charge is 0.243 e. The van der Waals surface area contributed by atoms with Gasteiger partial charge in [-0.1, -0.05) is 18.6 Å². The highest BCUT2D eigenvalue weighted by molar-refractivity contribution is 7.89. The van der Waals surface area contributed by atoms with E-state index in [4.69, 9.17) is 0 Å². The first-order chi connectivity index (χ1) is 12.4. The topological polar surface area (TPSA) is 91.1 Å². The highest BCUT2D eigenvalue weighted by Crippen LogP contribution is 2.26. The third kappa shape index (κ3) is 3.70. The zero-order chi connectivity index (χ0) is 18.7. The third-order valence-corrected chi connectivity index (χ3v) is 7.27. The fourth-order valence-electron chi connectivity index (χ4n) is 2.96. The summed E-state index contributed by atoms with van der Waals surface area (Å²) in [6.45, 7) is 2.80. The molecule has 0 aliphatic carbocycles. The maximum Gasteiger partial charge on any atom is 0.243 e. The second-order valence-electron chi connectivity index (χ2n) is 6.25. The summed E-state index contributed by atoms with van der Waals surface area (Å²) in [6, 6.07) is 7.95. The molecule has 0 N–H and O–H groups in total. The van der Waals surface area contributed by atoms with Crippen LogP contribution in [0.25, 0.3) is 0 Å². The number of nitrogens with zero attached hydrogens (tertiary/aromatic N) is 3. The van der Waals surface area contributed by atoms with Gasteiger partial charge in [-0.15, -0.1) is 11.3 Å². The summed E-state index contributed by atoms with van der Waals surface area (Å²) in [4.78, 5) is 17.1. The molecule has 0 spiro atoms. The Hall–Kier alpha value is -2.08. The minimum Gasteiger partial charge on any atom is -0.292 e. The van der Waals surface area contributed by atoms with Crippen LogP contribution in [0.2, 0.25) is 0 Å². The number of ketones is 1. The molecule has 1 aliphatic rings. The molecular weight excluding hydrogens is 370 g/mol. The van der Waals surface area contributed by atoms with Crippen LogP contribution in [0.5, 0.6) is 0 Å². The molecule has 1 fully saturated rings. The summed E-state index contributed by atoms with van der Waals surface area (Å²) in [5, 5.41) is 11.6. The Balaban J connectivity index is 1.91. The summed E-state index contributed by atoms with van der Waals surface area (Å²) in [5.74, 6) is -1.46. The number of nitriles is 1. The number of benzene rings is 1. The number of Topliss-reactive ketones (excluding diaryl/α,β-unsaturated/α-hetero) is 1. The fourth-order valence-corrected chi connectivity index (χ4v) is 5.36. The van der Waals surface area contributed by atoms with Crippen LogP contribution in [0.3, 0.4) is 0 Å². The van der Waals surface area contributed by atoms with Crippen LogP contribution in [0.15, 0.2) is 34.5 Å². The summed E-state index contributed by atoms with van der Waals surface area (Å²) >= 11 is 1.26. The number of thiazole rings is 1. The number of hydrogen-bond acceptors (Lipinski definition) is 6. The normalized spacial score (nSPS) is 16.8. The number of hydrogen-bond donors (Lipinski definition) is 0. The maximum atomic E-state index is 12.8. The Morgan fingerprint density at radius 2 is 2.04 bits per heavy atom. The van der Waals surface area contributed by atoms with Crippen molar-refractivity contribution in [2.24, 2.45) is 0 Å². The number of aryl methyl sites for hydroxylation is 1. The van der Waals surface area contributed by atoms with Crippen molar-refractivity contribution >= 4 is 27.1 Å². The van der Waals surface area contributed by atoms with Gasteiger partial charge in [0.2, 0.25) is 10.0 Å². The third-order valence-electron chi connectivity index (χ3n) is 4.35. The minimum absolute atomic E-state index is 0.0947. The molecule has 8 heteroatoms. The Labute approximate surface area is 157 Å². The van der Waals surface area contributed by atoms with Crippen molar-refractivity contribution in [1.82, 2.24) is 9.29 Å². The van der Waals surface area contributed by atoms with E-state index in [1.54, 1.807) is 24.4 Å². The molecule has 26 heavy (non-hydrogen) atoms. The number of carbonyl (C=O) groups is 1. The molecule has 2 aromatic rings. The molecule has 0 bridgehead atoms. The number of aromatic nitrogens is 1. The van der Waals surface area contributed by atoms with Gasteiger partial charge in [0.1, 0.15) is 5.01 Å². The molecule has 1 unspecified atom stereocenters. The van der Waals surface area contributed by atoms with Crippen LogP contribution in [-0.4, -0.2) is 36.6 Å². The first-order valence-corrected chi connectivity index (χ1v) is 10.7. The Morgan fingerprint density at radius 3 is 2.65 bits per heavy atom. The van der Waals surface area contributed by atoms with Gasteiger partial charge in [-0.3, -0.25) is 4.79 Å². The van der Waals surface area contributed by atoms with Crippen LogP contribution in [-0.2, 0) is 10.0 Å². The predicted octanol–water partition coefficient (Wildman–Crippen LogP) is 3.12. The summed E-state index contributed by atoms with van der Waals surface area (Å²) in [6.07, 6.45) is 2.72. The number of sulfonamides is 1. The molecule has 2 heterocycles. The first-order valence-electron chi connectivity index (χ1n) is 8.39. The van der Waals surface area contributed by atoms with Crippen LogP contribution in [0.1, 0.15) is 46.2 Å². The van der Waals surface area contributed by atoms with Gasteiger partial charge in [-0.2, -0.15) is 9.57 Å². The molecule has 1 aromatic heterocycles. The number of rotatable bonds is 5. The highest BCUT2D eigenvalue weighted by atomic mass is 32.2. The van der Waals surface area contributed by atoms with Gasteiger partial charge in [0.15, 0.2) is 11.7 Å². The second kappa shape index (κ2) is 7.66. The lowest BCUT2D eigenvalue weighted by atomic mass is 9.99. The van der Waals surface area contributed by atoms with Gasteiger partial charge in [0, 0.05) is 29.7 Å². The van der Waals surface area contributed by atoms with E-state index in [1.807, 2.05) is 6.07 Å². The molecule has 1 atom stereocenters. The van der Waals surface area contributed by atoms with Gasteiger partial charge >= 0.3 is 0 Å². The van der Waals surface area contributed by atoms with Crippen molar-refractivity contribution in [3.05, 3.63) is 45.9 Å². The monoisotopic (exact) mass is 389 g/mol. The van der Waals surface area contributed by atoms with Crippen LogP contribution in [0, 0.1) is 18.3 Å². The Bertz CT molecular complexity index is 954. The average Bonchev–Trinajstić information content (AvgIpc) is 3.09. The first kappa shape index (κ1) is 18.7. The molecule has 0 saturated carbocycles. The Morgan fingerprint density at radius 1 is 1.31 bits per heavy atom. The van der Waals surface area contributed by atoms with E-state index in [2.05, 4.69) is 4.98 Å². The minimum atomic E-state index is -3.63. The summed E-state index contributed by atoms with van der Waals surface area (Å²) in [5.41, 5.74) is 0.960. The van der Waals surface area contributed by atoms with Crippen LogP contribution < -0.4 is 0 Å². The van der Waals surface area contributed by atoms with Crippen molar-refractivity contribution < 1.29 is 13.2 Å². The lowest BCUT2D eigenvalue weighted by Gasteiger charge is -2.26.